The molecule has 0 unspecified atom stereocenters. The fourth-order valence-electron chi connectivity index (χ4n) is 2.14. The zero-order valence-corrected chi connectivity index (χ0v) is 14.3. The number of carbonyl (C=O) groups excluding carboxylic acids is 2. The minimum absolute atomic E-state index is 0.110. The molecule has 0 atom stereocenters. The van der Waals surface area contributed by atoms with Crippen LogP contribution in [-0.2, 0) is 0 Å². The fraction of sp³-hybridized carbons (Fsp3) is 0.176. The van der Waals surface area contributed by atoms with Crippen molar-refractivity contribution in [1.29, 1.82) is 0 Å². The molecule has 2 N–H and O–H groups in total. The van der Waals surface area contributed by atoms with E-state index in [1.54, 1.807) is 6.07 Å². The van der Waals surface area contributed by atoms with Gasteiger partial charge in [-0.1, -0.05) is 35.0 Å². The highest BCUT2D eigenvalue weighted by Crippen LogP contribution is 2.16. The second-order valence-electron chi connectivity index (χ2n) is 5.28. The molecule has 0 aliphatic heterocycles. The Hall–Kier alpha value is -3.00. The van der Waals surface area contributed by atoms with Crippen LogP contribution >= 0.6 is 11.3 Å². The van der Waals surface area contributed by atoms with Crippen molar-refractivity contribution in [3.63, 3.8) is 0 Å². The number of benzene rings is 1. The average molecular weight is 356 g/mol. The first kappa shape index (κ1) is 16.8. The van der Waals surface area contributed by atoms with E-state index < -0.39 is 5.91 Å². The Labute approximate surface area is 148 Å². The fourth-order valence-corrected chi connectivity index (χ4v) is 2.78. The number of hydrogen-bond acceptors (Lipinski definition) is 6. The smallest absolute Gasteiger partial charge is 0.316 e. The van der Waals surface area contributed by atoms with E-state index in [0.717, 1.165) is 11.1 Å². The maximum Gasteiger partial charge on any atom is 0.316 e. The Morgan fingerprint density at radius 1 is 1.12 bits per heavy atom. The Kier molecular flexibility index (Phi) is 5.20. The summed E-state index contributed by atoms with van der Waals surface area (Å²) >= 11 is 1.36. The summed E-state index contributed by atoms with van der Waals surface area (Å²) in [7, 11) is 0. The van der Waals surface area contributed by atoms with Crippen molar-refractivity contribution in [1.82, 2.24) is 20.8 Å². The van der Waals surface area contributed by atoms with Gasteiger partial charge in [0.05, 0.1) is 4.88 Å². The van der Waals surface area contributed by atoms with E-state index in [-0.39, 0.29) is 18.3 Å². The molecule has 0 bridgehead atoms. The average Bonchev–Trinajstić information content (AvgIpc) is 3.30. The monoisotopic (exact) mass is 356 g/mol. The lowest BCUT2D eigenvalue weighted by atomic mass is 10.1. The van der Waals surface area contributed by atoms with Gasteiger partial charge >= 0.3 is 11.8 Å². The molecule has 0 fully saturated rings. The molecule has 8 heteroatoms. The summed E-state index contributed by atoms with van der Waals surface area (Å²) in [6, 6.07) is 11.2. The van der Waals surface area contributed by atoms with Crippen molar-refractivity contribution < 1.29 is 14.1 Å². The summed E-state index contributed by atoms with van der Waals surface area (Å²) in [5.41, 5.74) is 1.85. The molecule has 2 amide bonds. The van der Waals surface area contributed by atoms with Crippen LogP contribution in [0.25, 0.3) is 11.4 Å². The molecule has 2 aromatic heterocycles. The van der Waals surface area contributed by atoms with E-state index in [9.17, 15) is 9.59 Å². The summed E-state index contributed by atoms with van der Waals surface area (Å²) in [4.78, 5) is 28.5. The van der Waals surface area contributed by atoms with Crippen LogP contribution in [-0.4, -0.2) is 35.0 Å². The molecule has 0 aliphatic rings. The Balaban J connectivity index is 1.50. The Bertz CT molecular complexity index is 874. The van der Waals surface area contributed by atoms with Crippen molar-refractivity contribution in [2.45, 2.75) is 6.92 Å². The van der Waals surface area contributed by atoms with Gasteiger partial charge in [-0.3, -0.25) is 9.59 Å². The van der Waals surface area contributed by atoms with Crippen molar-refractivity contribution in [3.05, 3.63) is 58.1 Å². The van der Waals surface area contributed by atoms with Gasteiger partial charge in [0.25, 0.3) is 5.91 Å². The molecule has 7 nitrogen and oxygen atoms in total. The number of thiophene rings is 1. The predicted molar refractivity (Wildman–Crippen MR) is 93.5 cm³/mol. The highest BCUT2D eigenvalue weighted by atomic mass is 32.1. The minimum atomic E-state index is -0.475. The normalized spacial score (nSPS) is 10.4. The third-order valence-corrected chi connectivity index (χ3v) is 4.21. The number of amides is 2. The molecule has 25 heavy (non-hydrogen) atoms. The van der Waals surface area contributed by atoms with Gasteiger partial charge in [0, 0.05) is 18.7 Å². The number of aromatic nitrogens is 2. The van der Waals surface area contributed by atoms with E-state index in [4.69, 9.17) is 4.52 Å². The lowest BCUT2D eigenvalue weighted by Crippen LogP contribution is -2.34. The molecule has 0 aliphatic carbocycles. The summed E-state index contributed by atoms with van der Waals surface area (Å²) in [6.45, 7) is 2.53. The maximum atomic E-state index is 12.0. The molecule has 3 rings (SSSR count). The third-order valence-electron chi connectivity index (χ3n) is 3.34. The maximum absolute atomic E-state index is 12.0. The summed E-state index contributed by atoms with van der Waals surface area (Å²) in [5.74, 6) is -0.388. The molecule has 0 spiro atoms. The number of hydrogen-bond donors (Lipinski definition) is 2. The second-order valence-corrected chi connectivity index (χ2v) is 6.23. The van der Waals surface area contributed by atoms with E-state index >= 15 is 0 Å². The topological polar surface area (TPSA) is 97.1 Å². The first-order valence-electron chi connectivity index (χ1n) is 7.64. The van der Waals surface area contributed by atoms with E-state index in [2.05, 4.69) is 20.8 Å². The number of nitrogens with one attached hydrogen (secondary N) is 2. The van der Waals surface area contributed by atoms with Crippen molar-refractivity contribution >= 4 is 23.2 Å². The van der Waals surface area contributed by atoms with Gasteiger partial charge < -0.3 is 15.2 Å². The van der Waals surface area contributed by atoms with E-state index in [0.29, 0.717) is 17.2 Å². The van der Waals surface area contributed by atoms with Crippen LogP contribution < -0.4 is 10.6 Å². The van der Waals surface area contributed by atoms with E-state index in [1.807, 2.05) is 42.6 Å². The van der Waals surface area contributed by atoms with Crippen LogP contribution in [0.2, 0.25) is 0 Å². The summed E-state index contributed by atoms with van der Waals surface area (Å²) < 4.78 is 5.00. The van der Waals surface area contributed by atoms with Crippen molar-refractivity contribution in [2.24, 2.45) is 0 Å². The highest BCUT2D eigenvalue weighted by molar-refractivity contribution is 7.12. The lowest BCUT2D eigenvalue weighted by molar-refractivity contribution is 0.0899. The third kappa shape index (κ3) is 4.30. The Morgan fingerprint density at radius 2 is 1.92 bits per heavy atom. The molecule has 1 aromatic carbocycles. The zero-order valence-electron chi connectivity index (χ0n) is 13.5. The minimum Gasteiger partial charge on any atom is -0.350 e. The van der Waals surface area contributed by atoms with Crippen LogP contribution in [0.15, 0.2) is 46.3 Å². The Morgan fingerprint density at radius 3 is 2.64 bits per heavy atom. The standard InChI is InChI=1S/C17H16N4O3S/c1-11-4-2-5-12(10-11)14-20-17(24-21-14)16(23)19-8-7-18-15(22)13-6-3-9-25-13/h2-6,9-10H,7-8H2,1H3,(H,18,22)(H,19,23). The van der Waals surface area contributed by atoms with Gasteiger partial charge in [0.2, 0.25) is 5.82 Å². The van der Waals surface area contributed by atoms with E-state index in [1.165, 1.54) is 11.3 Å². The molecule has 2 heterocycles. The van der Waals surface area contributed by atoms with Gasteiger partial charge in [0.1, 0.15) is 0 Å². The predicted octanol–water partition coefficient (Wildman–Crippen LogP) is 2.27. The van der Waals surface area contributed by atoms with Crippen LogP contribution in [0.4, 0.5) is 0 Å². The molecule has 128 valence electrons. The molecule has 0 saturated carbocycles. The molecular weight excluding hydrogens is 340 g/mol. The van der Waals surface area contributed by atoms with Crippen LogP contribution in [0.3, 0.4) is 0 Å². The molecule has 0 saturated heterocycles. The van der Waals surface area contributed by atoms with Crippen molar-refractivity contribution in [2.75, 3.05) is 13.1 Å². The summed E-state index contributed by atoms with van der Waals surface area (Å²) in [5, 5.41) is 11.0. The first-order chi connectivity index (χ1) is 12.1. The van der Waals surface area contributed by atoms with Gasteiger partial charge in [-0.2, -0.15) is 4.98 Å². The number of aryl methyl sites for hydroxylation is 1. The van der Waals surface area contributed by atoms with Gasteiger partial charge in [0.15, 0.2) is 0 Å². The SMILES string of the molecule is Cc1cccc(-c2noc(C(=O)NCCNC(=O)c3cccs3)n2)c1. The van der Waals surface area contributed by atoms with Crippen LogP contribution in [0.5, 0.6) is 0 Å². The van der Waals surface area contributed by atoms with Crippen LogP contribution in [0, 0.1) is 6.92 Å². The molecule has 0 radical (unpaired) electrons. The van der Waals surface area contributed by atoms with Crippen molar-refractivity contribution in [3.8, 4) is 11.4 Å². The van der Waals surface area contributed by atoms with Crippen LogP contribution in [0.1, 0.15) is 25.9 Å². The lowest BCUT2D eigenvalue weighted by Gasteiger charge is -2.04. The summed E-state index contributed by atoms with van der Waals surface area (Å²) in [6.07, 6.45) is 0. The molecular formula is C17H16N4O3S. The second kappa shape index (κ2) is 7.71. The van der Waals surface area contributed by atoms with Gasteiger partial charge in [-0.25, -0.2) is 0 Å². The first-order valence-corrected chi connectivity index (χ1v) is 8.52. The zero-order chi connectivity index (χ0) is 17.6. The largest absolute Gasteiger partial charge is 0.350 e. The number of nitrogens with zero attached hydrogens (tertiary/aromatic N) is 2. The number of rotatable bonds is 6. The molecule has 3 aromatic rings. The highest BCUT2D eigenvalue weighted by Gasteiger charge is 2.16. The number of carbonyl (C=O) groups is 2. The quantitative estimate of drug-likeness (QED) is 0.660. The van der Waals surface area contributed by atoms with Gasteiger partial charge in [-0.05, 0) is 24.4 Å². The van der Waals surface area contributed by atoms with Gasteiger partial charge in [-0.15, -0.1) is 11.3 Å².